The van der Waals surface area contributed by atoms with Gasteiger partial charge in [-0.15, -0.1) is 0 Å². The Labute approximate surface area is 248 Å². The maximum atomic E-state index is 12.8. The number of cyclic esters (lactones) is 1. The topological polar surface area (TPSA) is 135 Å². The predicted octanol–water partition coefficient (Wildman–Crippen LogP) is 4.93. The highest BCUT2D eigenvalue weighted by Gasteiger charge is 2.35. The lowest BCUT2D eigenvalue weighted by Gasteiger charge is -2.37. The average Bonchev–Trinajstić information content (AvgIpc) is 3.39. The molecule has 0 aromatic carbocycles. The molecule has 3 heterocycles. The van der Waals surface area contributed by atoms with Gasteiger partial charge < -0.3 is 33.4 Å². The highest BCUT2D eigenvalue weighted by atomic mass is 16.6. The Kier molecular flexibility index (Phi) is 14.0. The number of hydrogen-bond donors (Lipinski definition) is 1. The van der Waals surface area contributed by atoms with E-state index in [9.17, 15) is 14.4 Å². The number of oxazole rings is 1. The van der Waals surface area contributed by atoms with Gasteiger partial charge in [0, 0.05) is 39.0 Å². The number of amides is 1. The summed E-state index contributed by atoms with van der Waals surface area (Å²) in [4.78, 5) is 40.8. The lowest BCUT2D eigenvalue weighted by Crippen LogP contribution is -2.41. The third-order valence-electron chi connectivity index (χ3n) is 7.41. The van der Waals surface area contributed by atoms with Gasteiger partial charge in [0.05, 0.1) is 37.5 Å². The zero-order chi connectivity index (χ0) is 30.3. The molecule has 2 aliphatic heterocycles. The van der Waals surface area contributed by atoms with Gasteiger partial charge in [0.2, 0.25) is 5.89 Å². The third-order valence-corrected chi connectivity index (χ3v) is 7.41. The molecule has 2 saturated heterocycles. The summed E-state index contributed by atoms with van der Waals surface area (Å²) in [6.45, 7) is 4.56. The Morgan fingerprint density at radius 2 is 1.90 bits per heavy atom. The van der Waals surface area contributed by atoms with Crippen molar-refractivity contribution in [1.82, 2.24) is 10.3 Å². The molecule has 11 heteroatoms. The molecular weight excluding hydrogens is 544 g/mol. The SMILES string of the molecule is CCC[C@@H]1C[C@H](OC)C[C@H](C)C[C@H]2C[C@H](OC(=O)/C=C\CCc3coc(/C=C\CNC(=O)OC)n3)C[C@@H](CC(=O)O1)O2. The molecule has 11 nitrogen and oxygen atoms in total. The summed E-state index contributed by atoms with van der Waals surface area (Å²) >= 11 is 0. The van der Waals surface area contributed by atoms with E-state index in [1.54, 1.807) is 31.6 Å². The van der Waals surface area contributed by atoms with Crippen molar-refractivity contribution in [3.63, 3.8) is 0 Å². The number of methoxy groups -OCH3 is 2. The Morgan fingerprint density at radius 3 is 2.67 bits per heavy atom. The maximum absolute atomic E-state index is 12.8. The molecule has 0 spiro atoms. The van der Waals surface area contributed by atoms with Gasteiger partial charge in [-0.1, -0.05) is 32.4 Å². The Morgan fingerprint density at radius 1 is 1.10 bits per heavy atom. The second-order valence-electron chi connectivity index (χ2n) is 11.1. The van der Waals surface area contributed by atoms with Crippen LogP contribution in [0.5, 0.6) is 0 Å². The molecule has 42 heavy (non-hydrogen) atoms. The van der Waals surface area contributed by atoms with Crippen LogP contribution in [0.2, 0.25) is 0 Å². The number of carbonyl (C=O) groups is 3. The molecule has 1 aromatic heterocycles. The Bertz CT molecular complexity index is 1050. The van der Waals surface area contributed by atoms with E-state index < -0.39 is 12.1 Å². The lowest BCUT2D eigenvalue weighted by atomic mass is 9.89. The molecule has 2 bridgehead atoms. The van der Waals surface area contributed by atoms with Gasteiger partial charge in [-0.2, -0.15) is 0 Å². The summed E-state index contributed by atoms with van der Waals surface area (Å²) in [6, 6.07) is 0. The van der Waals surface area contributed by atoms with Gasteiger partial charge >= 0.3 is 18.0 Å². The molecule has 2 aliphatic rings. The van der Waals surface area contributed by atoms with Crippen LogP contribution in [0.15, 0.2) is 28.9 Å². The van der Waals surface area contributed by atoms with E-state index in [1.165, 1.54) is 13.2 Å². The number of aromatic nitrogens is 1. The standard InChI is InChI=1S/C31H46N2O9/c1-5-9-23-16-24(37-3)14-21(2)15-25-17-26(18-27(40-25)19-30(35)41-23)42-29(34)12-7-6-10-22-20-39-28(33-22)11-8-13-32-31(36)38-4/h7-8,11-12,20-21,23-27H,5-6,9-10,13-19H2,1-4H3,(H,32,36)/b11-8-,12-7-/t21-,23+,24+,25-,26-,27-/m0/s1. The normalized spacial score (nSPS) is 27.2. The van der Waals surface area contributed by atoms with Gasteiger partial charge in [-0.3, -0.25) is 4.79 Å². The van der Waals surface area contributed by atoms with Crippen LogP contribution < -0.4 is 5.32 Å². The zero-order valence-electron chi connectivity index (χ0n) is 25.3. The molecule has 0 unspecified atom stereocenters. The number of carbonyl (C=O) groups excluding carboxylic acids is 3. The fourth-order valence-corrected chi connectivity index (χ4v) is 5.49. The molecule has 1 N–H and O–H groups in total. The minimum Gasteiger partial charge on any atom is -0.462 e. The summed E-state index contributed by atoms with van der Waals surface area (Å²) in [7, 11) is 3.01. The molecule has 3 rings (SSSR count). The van der Waals surface area contributed by atoms with Crippen molar-refractivity contribution in [2.24, 2.45) is 5.92 Å². The van der Waals surface area contributed by atoms with Gasteiger partial charge in [0.15, 0.2) is 0 Å². The van der Waals surface area contributed by atoms with E-state index in [0.717, 1.165) is 31.4 Å². The van der Waals surface area contributed by atoms with Crippen molar-refractivity contribution in [2.75, 3.05) is 20.8 Å². The monoisotopic (exact) mass is 590 g/mol. The largest absolute Gasteiger partial charge is 0.462 e. The van der Waals surface area contributed by atoms with E-state index >= 15 is 0 Å². The molecule has 234 valence electrons. The first-order valence-corrected chi connectivity index (χ1v) is 15.0. The van der Waals surface area contributed by atoms with E-state index in [1.807, 2.05) is 0 Å². The molecular formula is C31H46N2O9. The average molecular weight is 591 g/mol. The summed E-state index contributed by atoms with van der Waals surface area (Å²) in [6.07, 6.45) is 13.1. The first-order chi connectivity index (χ1) is 20.3. The van der Waals surface area contributed by atoms with Crippen LogP contribution in [0.3, 0.4) is 0 Å². The van der Waals surface area contributed by atoms with E-state index in [4.69, 9.17) is 23.4 Å². The fraction of sp³-hybridized carbons (Fsp3) is 0.677. The van der Waals surface area contributed by atoms with Crippen LogP contribution in [-0.2, 0) is 39.7 Å². The third kappa shape index (κ3) is 12.0. The molecule has 0 aliphatic carbocycles. The highest BCUT2D eigenvalue weighted by molar-refractivity contribution is 5.82. The van der Waals surface area contributed by atoms with Gasteiger partial charge in [0.1, 0.15) is 18.5 Å². The summed E-state index contributed by atoms with van der Waals surface area (Å²) in [5, 5.41) is 2.53. The van der Waals surface area contributed by atoms with E-state index in [-0.39, 0.29) is 42.9 Å². The number of alkyl carbamates (subject to hydrolysis) is 1. The smallest absolute Gasteiger partial charge is 0.407 e. The molecule has 6 atom stereocenters. The maximum Gasteiger partial charge on any atom is 0.407 e. The molecule has 1 amide bonds. The minimum absolute atomic E-state index is 0.0116. The van der Waals surface area contributed by atoms with Gasteiger partial charge in [0.25, 0.3) is 0 Å². The Balaban J connectivity index is 1.49. The lowest BCUT2D eigenvalue weighted by molar-refractivity contribution is -0.168. The second kappa shape index (κ2) is 17.7. The van der Waals surface area contributed by atoms with Gasteiger partial charge in [-0.05, 0) is 44.1 Å². The fourth-order valence-electron chi connectivity index (χ4n) is 5.49. The Hall–Kier alpha value is -3.18. The quantitative estimate of drug-likeness (QED) is 0.215. The number of nitrogens with zero attached hydrogens (tertiary/aromatic N) is 1. The number of ether oxygens (including phenoxy) is 5. The number of aryl methyl sites for hydroxylation is 1. The van der Waals surface area contributed by atoms with Crippen LogP contribution in [0.1, 0.15) is 83.2 Å². The molecule has 1 aromatic rings. The number of nitrogens with one attached hydrogen (secondary N) is 1. The van der Waals surface area contributed by atoms with Crippen molar-refractivity contribution >= 4 is 24.1 Å². The van der Waals surface area contributed by atoms with Crippen LogP contribution in [0, 0.1) is 5.92 Å². The molecule has 0 radical (unpaired) electrons. The number of fused-ring (bicyclic) bond motifs is 2. The van der Waals surface area contributed by atoms with Crippen LogP contribution in [-0.4, -0.2) is 74.3 Å². The summed E-state index contributed by atoms with van der Waals surface area (Å²) < 4.78 is 33.5. The number of allylic oxidation sites excluding steroid dienone is 1. The zero-order valence-corrected chi connectivity index (χ0v) is 25.3. The van der Waals surface area contributed by atoms with Crippen molar-refractivity contribution in [1.29, 1.82) is 0 Å². The number of esters is 2. The summed E-state index contributed by atoms with van der Waals surface area (Å²) in [5.41, 5.74) is 0.745. The number of rotatable bonds is 11. The van der Waals surface area contributed by atoms with Crippen molar-refractivity contribution < 1.29 is 42.5 Å². The van der Waals surface area contributed by atoms with E-state index in [0.29, 0.717) is 50.5 Å². The predicted molar refractivity (Wildman–Crippen MR) is 154 cm³/mol. The first kappa shape index (κ1) is 33.3. The van der Waals surface area contributed by atoms with Crippen LogP contribution in [0.25, 0.3) is 6.08 Å². The molecule has 0 saturated carbocycles. The van der Waals surface area contributed by atoms with E-state index in [2.05, 4.69) is 28.9 Å². The highest BCUT2D eigenvalue weighted by Crippen LogP contribution is 2.31. The van der Waals surface area contributed by atoms with Crippen molar-refractivity contribution in [3.8, 4) is 0 Å². The van der Waals surface area contributed by atoms with Crippen LogP contribution >= 0.6 is 0 Å². The summed E-state index contributed by atoms with van der Waals surface area (Å²) in [5.74, 6) is 0.0697. The minimum atomic E-state index is -0.513. The molecule has 2 fully saturated rings. The van der Waals surface area contributed by atoms with Crippen LogP contribution in [0.4, 0.5) is 4.79 Å². The second-order valence-corrected chi connectivity index (χ2v) is 11.1. The van der Waals surface area contributed by atoms with Gasteiger partial charge in [-0.25, -0.2) is 14.6 Å². The van der Waals surface area contributed by atoms with Crippen molar-refractivity contribution in [2.45, 2.75) is 109 Å². The number of hydrogen-bond acceptors (Lipinski definition) is 10. The first-order valence-electron chi connectivity index (χ1n) is 15.0. The van der Waals surface area contributed by atoms with Crippen molar-refractivity contribution in [3.05, 3.63) is 36.1 Å².